The lowest BCUT2D eigenvalue weighted by Crippen LogP contribution is -2.51. The van der Waals surface area contributed by atoms with Gasteiger partial charge in [-0.15, -0.1) is 0 Å². The first-order chi connectivity index (χ1) is 10.5. The van der Waals surface area contributed by atoms with Crippen LogP contribution in [0.15, 0.2) is 0 Å². The topological polar surface area (TPSA) is 123 Å². The van der Waals surface area contributed by atoms with Crippen molar-refractivity contribution < 1.29 is 19.5 Å². The summed E-state index contributed by atoms with van der Waals surface area (Å²) in [5, 5.41) is 9.37. The van der Waals surface area contributed by atoms with Crippen molar-refractivity contribution in [2.75, 3.05) is 13.1 Å². The number of hydrogen-bond acceptors (Lipinski definition) is 5. The molecule has 0 amide bonds. The van der Waals surface area contributed by atoms with Gasteiger partial charge in [0, 0.05) is 0 Å². The Balaban J connectivity index is 4.46. The molecule has 0 aromatic carbocycles. The van der Waals surface area contributed by atoms with E-state index in [4.69, 9.17) is 11.5 Å². The largest absolute Gasteiger partial charge is 0.480 e. The first-order valence-electron chi connectivity index (χ1n) is 8.17. The molecule has 0 bridgehead atoms. The molecule has 0 spiro atoms. The van der Waals surface area contributed by atoms with Crippen molar-refractivity contribution >= 4 is 17.5 Å². The fourth-order valence-corrected chi connectivity index (χ4v) is 2.65. The second-order valence-corrected chi connectivity index (χ2v) is 5.69. The van der Waals surface area contributed by atoms with Crippen molar-refractivity contribution in [2.24, 2.45) is 16.9 Å². The van der Waals surface area contributed by atoms with Crippen LogP contribution in [0.1, 0.15) is 64.7 Å². The summed E-state index contributed by atoms with van der Waals surface area (Å²) in [5.41, 5.74) is 8.51. The predicted octanol–water partition coefficient (Wildman–Crippen LogP) is 1.64. The molecule has 0 saturated carbocycles. The van der Waals surface area contributed by atoms with Gasteiger partial charge in [0.15, 0.2) is 17.0 Å². The fraction of sp³-hybridized carbons (Fsp3) is 0.812. The molecule has 22 heavy (non-hydrogen) atoms. The van der Waals surface area contributed by atoms with Gasteiger partial charge in [-0.25, -0.2) is 0 Å². The van der Waals surface area contributed by atoms with Gasteiger partial charge in [0.1, 0.15) is 0 Å². The summed E-state index contributed by atoms with van der Waals surface area (Å²) < 4.78 is 0. The molecule has 6 nitrogen and oxygen atoms in total. The van der Waals surface area contributed by atoms with Crippen LogP contribution in [0.25, 0.3) is 0 Å². The van der Waals surface area contributed by atoms with E-state index >= 15 is 0 Å². The number of unbranched alkanes of at least 4 members (excludes halogenated alkanes) is 7. The molecule has 0 saturated heterocycles. The number of Topliss-reactive ketones (excluding diaryl/α,β-unsaturated/α-hetero) is 2. The summed E-state index contributed by atoms with van der Waals surface area (Å²) in [6.07, 6.45) is 8.19. The molecule has 128 valence electrons. The van der Waals surface area contributed by atoms with Crippen LogP contribution in [-0.4, -0.2) is 35.7 Å². The second-order valence-electron chi connectivity index (χ2n) is 5.69. The summed E-state index contributed by atoms with van der Waals surface area (Å²) in [6, 6.07) is 0. The number of hydrogen-bond donors (Lipinski definition) is 3. The summed E-state index contributed by atoms with van der Waals surface area (Å²) >= 11 is 0. The van der Waals surface area contributed by atoms with Crippen LogP contribution >= 0.6 is 0 Å². The van der Waals surface area contributed by atoms with Gasteiger partial charge in [-0.3, -0.25) is 14.4 Å². The molecular weight excluding hydrogens is 284 g/mol. The van der Waals surface area contributed by atoms with E-state index in [2.05, 4.69) is 6.92 Å². The molecule has 0 fully saturated rings. The predicted molar refractivity (Wildman–Crippen MR) is 85.4 cm³/mol. The first-order valence-corrected chi connectivity index (χ1v) is 8.17. The molecule has 0 aliphatic carbocycles. The Labute approximate surface area is 132 Å². The third kappa shape index (κ3) is 5.85. The molecule has 6 heteroatoms. The lowest BCUT2D eigenvalue weighted by molar-refractivity contribution is -0.159. The molecule has 5 N–H and O–H groups in total. The Bertz CT molecular complexity index is 353. The number of aliphatic carboxylic acids is 1. The molecule has 0 radical (unpaired) electrons. The lowest BCUT2D eigenvalue weighted by Gasteiger charge is -2.25. The highest BCUT2D eigenvalue weighted by Gasteiger charge is 2.50. The second kappa shape index (κ2) is 11.3. The molecule has 0 aromatic heterocycles. The molecule has 0 rings (SSSR count). The van der Waals surface area contributed by atoms with E-state index in [0.717, 1.165) is 19.3 Å². The number of ketones is 2. The van der Waals surface area contributed by atoms with E-state index in [1.807, 2.05) is 0 Å². The summed E-state index contributed by atoms with van der Waals surface area (Å²) in [7, 11) is 0. The average molecular weight is 314 g/mol. The van der Waals surface area contributed by atoms with Crippen LogP contribution in [-0.2, 0) is 14.4 Å². The Kier molecular flexibility index (Phi) is 10.7. The highest BCUT2D eigenvalue weighted by Crippen LogP contribution is 2.28. The minimum Gasteiger partial charge on any atom is -0.480 e. The molecular formula is C16H30N2O4. The maximum Gasteiger partial charge on any atom is 0.324 e. The quantitative estimate of drug-likeness (QED) is 0.331. The fourth-order valence-electron chi connectivity index (χ4n) is 2.65. The normalized spacial score (nSPS) is 11.4. The Hall–Kier alpha value is -1.27. The Morgan fingerprint density at radius 1 is 0.818 bits per heavy atom. The van der Waals surface area contributed by atoms with Crippen LogP contribution in [0, 0.1) is 5.41 Å². The number of carboxylic acids is 1. The molecule has 0 unspecified atom stereocenters. The van der Waals surface area contributed by atoms with Crippen molar-refractivity contribution in [3.8, 4) is 0 Å². The standard InChI is InChI=1S/C16H30N2O4/c1-2-3-4-5-6-7-8-9-10-16(15(21)22,13(19)11-17)14(20)12-18/h2-12,17-18H2,1H3,(H,21,22). The number of nitrogens with two attached hydrogens (primary N) is 2. The Morgan fingerprint density at radius 3 is 1.59 bits per heavy atom. The summed E-state index contributed by atoms with van der Waals surface area (Å²) in [4.78, 5) is 35.4. The number of carbonyl (C=O) groups is 3. The van der Waals surface area contributed by atoms with Crippen LogP contribution in [0.4, 0.5) is 0 Å². The van der Waals surface area contributed by atoms with Crippen LogP contribution in [0.2, 0.25) is 0 Å². The van der Waals surface area contributed by atoms with E-state index in [-0.39, 0.29) is 6.42 Å². The van der Waals surface area contributed by atoms with E-state index in [1.54, 1.807) is 0 Å². The lowest BCUT2D eigenvalue weighted by atomic mass is 9.74. The number of carboxylic acid groups (broad SMARTS) is 1. The van der Waals surface area contributed by atoms with Gasteiger partial charge in [0.2, 0.25) is 0 Å². The van der Waals surface area contributed by atoms with E-state index < -0.39 is 36.0 Å². The van der Waals surface area contributed by atoms with E-state index in [9.17, 15) is 19.5 Å². The third-order valence-corrected chi connectivity index (χ3v) is 4.09. The smallest absolute Gasteiger partial charge is 0.324 e. The average Bonchev–Trinajstić information content (AvgIpc) is 2.52. The van der Waals surface area contributed by atoms with Gasteiger partial charge >= 0.3 is 5.97 Å². The molecule has 0 heterocycles. The molecule has 0 aromatic rings. The number of rotatable bonds is 14. The molecule has 0 aliphatic rings. The van der Waals surface area contributed by atoms with Crippen LogP contribution in [0.3, 0.4) is 0 Å². The van der Waals surface area contributed by atoms with Gasteiger partial charge in [0.25, 0.3) is 0 Å². The zero-order valence-electron chi connectivity index (χ0n) is 13.6. The maximum atomic E-state index is 11.9. The summed E-state index contributed by atoms with van der Waals surface area (Å²) in [5.74, 6) is -2.93. The van der Waals surface area contributed by atoms with Crippen LogP contribution < -0.4 is 11.5 Å². The first kappa shape index (κ1) is 20.7. The van der Waals surface area contributed by atoms with Crippen molar-refractivity contribution in [2.45, 2.75) is 64.7 Å². The third-order valence-electron chi connectivity index (χ3n) is 4.09. The van der Waals surface area contributed by atoms with E-state index in [0.29, 0.717) is 6.42 Å². The zero-order chi connectivity index (χ0) is 17.0. The van der Waals surface area contributed by atoms with Gasteiger partial charge in [0.05, 0.1) is 13.1 Å². The van der Waals surface area contributed by atoms with Crippen molar-refractivity contribution in [1.82, 2.24) is 0 Å². The minimum absolute atomic E-state index is 0.0106. The van der Waals surface area contributed by atoms with Gasteiger partial charge in [-0.1, -0.05) is 58.3 Å². The molecule has 0 aliphatic heterocycles. The SMILES string of the molecule is CCCCCCCCCCC(C(=O)O)(C(=O)CN)C(=O)CN. The zero-order valence-corrected chi connectivity index (χ0v) is 13.6. The van der Waals surface area contributed by atoms with Gasteiger partial charge in [-0.2, -0.15) is 0 Å². The van der Waals surface area contributed by atoms with Crippen molar-refractivity contribution in [1.29, 1.82) is 0 Å². The molecule has 0 atom stereocenters. The van der Waals surface area contributed by atoms with Gasteiger partial charge in [-0.05, 0) is 6.42 Å². The highest BCUT2D eigenvalue weighted by molar-refractivity contribution is 6.22. The maximum absolute atomic E-state index is 11.9. The van der Waals surface area contributed by atoms with Crippen molar-refractivity contribution in [3.05, 3.63) is 0 Å². The number of carbonyl (C=O) groups excluding carboxylic acids is 2. The monoisotopic (exact) mass is 314 g/mol. The highest BCUT2D eigenvalue weighted by atomic mass is 16.4. The van der Waals surface area contributed by atoms with Crippen molar-refractivity contribution in [3.63, 3.8) is 0 Å². The minimum atomic E-state index is -2.05. The van der Waals surface area contributed by atoms with Gasteiger partial charge < -0.3 is 16.6 Å². The summed E-state index contributed by atoms with van der Waals surface area (Å²) in [6.45, 7) is 1.23. The Morgan fingerprint density at radius 2 is 1.23 bits per heavy atom. The van der Waals surface area contributed by atoms with E-state index in [1.165, 1.54) is 25.7 Å². The van der Waals surface area contributed by atoms with Crippen LogP contribution in [0.5, 0.6) is 0 Å².